The molecule has 2 N–H and O–H groups in total. The zero-order valence-electron chi connectivity index (χ0n) is 19.5. The minimum absolute atomic E-state index is 0.221. The number of nitrogens with zero attached hydrogens (tertiary/aromatic N) is 3. The van der Waals surface area contributed by atoms with Crippen molar-refractivity contribution in [3.63, 3.8) is 0 Å². The molecule has 8 nitrogen and oxygen atoms in total. The molecule has 1 aliphatic rings. The van der Waals surface area contributed by atoms with Crippen LogP contribution in [0.25, 0.3) is 33.9 Å². The fourth-order valence-corrected chi connectivity index (χ4v) is 5.01. The molecule has 9 heteroatoms. The maximum atomic E-state index is 13.3. The maximum absolute atomic E-state index is 13.3. The Morgan fingerprint density at radius 3 is 2.69 bits per heavy atom. The van der Waals surface area contributed by atoms with Crippen LogP contribution in [0.2, 0.25) is 0 Å². The minimum atomic E-state index is -0.221. The van der Waals surface area contributed by atoms with Crippen molar-refractivity contribution in [1.82, 2.24) is 20.3 Å². The van der Waals surface area contributed by atoms with Crippen molar-refractivity contribution in [1.29, 1.82) is 0 Å². The Morgan fingerprint density at radius 1 is 1.14 bits per heavy atom. The van der Waals surface area contributed by atoms with Crippen LogP contribution in [0.4, 0.5) is 5.13 Å². The third-order valence-corrected chi connectivity index (χ3v) is 6.79. The van der Waals surface area contributed by atoms with E-state index in [1.165, 1.54) is 0 Å². The molecule has 0 bridgehead atoms. The molecule has 1 saturated heterocycles. The van der Waals surface area contributed by atoms with Gasteiger partial charge in [0.15, 0.2) is 5.13 Å². The molecule has 4 aromatic rings. The van der Waals surface area contributed by atoms with E-state index in [0.29, 0.717) is 37.8 Å². The number of H-pyrrole nitrogens is 1. The number of rotatable bonds is 8. The number of nitrogens with one attached hydrogen (secondary N) is 2. The van der Waals surface area contributed by atoms with Crippen LogP contribution in [0, 0.1) is 0 Å². The van der Waals surface area contributed by atoms with Gasteiger partial charge in [-0.1, -0.05) is 53.8 Å². The molecule has 0 radical (unpaired) electrons. The fourth-order valence-electron chi connectivity index (χ4n) is 3.93. The van der Waals surface area contributed by atoms with Gasteiger partial charge in [0.2, 0.25) is 0 Å². The van der Waals surface area contributed by atoms with Gasteiger partial charge in [0.1, 0.15) is 5.82 Å². The van der Waals surface area contributed by atoms with E-state index in [1.807, 2.05) is 60.7 Å². The van der Waals surface area contributed by atoms with Crippen LogP contribution < -0.4 is 10.2 Å². The van der Waals surface area contributed by atoms with Crippen LogP contribution in [0.1, 0.15) is 10.7 Å². The number of morpholine rings is 1. The second-order valence-electron chi connectivity index (χ2n) is 8.08. The molecule has 2 aromatic heterocycles. The van der Waals surface area contributed by atoms with Crippen LogP contribution in [-0.4, -0.2) is 67.4 Å². The molecule has 0 saturated carbocycles. The average molecular weight is 490 g/mol. The Morgan fingerprint density at radius 2 is 1.91 bits per heavy atom. The second-order valence-corrected chi connectivity index (χ2v) is 9.09. The van der Waals surface area contributed by atoms with Gasteiger partial charge >= 0.3 is 0 Å². The van der Waals surface area contributed by atoms with Gasteiger partial charge in [-0.25, -0.2) is 9.97 Å². The van der Waals surface area contributed by atoms with Gasteiger partial charge in [-0.05, 0) is 18.2 Å². The highest BCUT2D eigenvalue weighted by Crippen LogP contribution is 2.36. The Hall–Kier alpha value is -3.53. The van der Waals surface area contributed by atoms with Gasteiger partial charge < -0.3 is 24.7 Å². The first-order valence-corrected chi connectivity index (χ1v) is 12.4. The van der Waals surface area contributed by atoms with Crippen LogP contribution in [0.3, 0.4) is 0 Å². The van der Waals surface area contributed by atoms with Gasteiger partial charge in [0.25, 0.3) is 5.91 Å². The molecule has 180 valence electrons. The van der Waals surface area contributed by atoms with Crippen molar-refractivity contribution >= 4 is 45.1 Å². The molecule has 1 fully saturated rings. The number of aromatic amines is 1. The quantitative estimate of drug-likeness (QED) is 0.289. The minimum Gasteiger partial charge on any atom is -0.383 e. The van der Waals surface area contributed by atoms with Crippen molar-refractivity contribution in [3.8, 4) is 11.3 Å². The topological polar surface area (TPSA) is 92.4 Å². The lowest BCUT2D eigenvalue weighted by molar-refractivity contribution is -0.115. The standard InChI is InChI=1S/C26H27N5O3S/c1-33-14-11-27-25(32)19(24-28-20-9-5-6-10-21(20)29-24)17-22-23(18-7-3-2-4-8-18)30-26(35-22)31-12-15-34-16-13-31/h2-10,17H,11-16H2,1H3,(H,27,32)(H,28,29)/b19-17+. The molecule has 1 amide bonds. The van der Waals surface area contributed by atoms with Gasteiger partial charge in [-0.3, -0.25) is 4.79 Å². The van der Waals surface area contributed by atoms with Gasteiger partial charge in [-0.15, -0.1) is 0 Å². The lowest BCUT2D eigenvalue weighted by Gasteiger charge is -2.26. The third-order valence-electron chi connectivity index (χ3n) is 5.73. The van der Waals surface area contributed by atoms with Crippen molar-refractivity contribution in [2.24, 2.45) is 0 Å². The number of ether oxygens (including phenoxy) is 2. The number of fused-ring (bicyclic) bond motifs is 1. The number of benzene rings is 2. The van der Waals surface area contributed by atoms with E-state index < -0.39 is 0 Å². The molecule has 0 aliphatic carbocycles. The lowest BCUT2D eigenvalue weighted by Crippen LogP contribution is -2.36. The first-order chi connectivity index (χ1) is 17.2. The summed E-state index contributed by atoms with van der Waals surface area (Å²) in [5.41, 5.74) is 3.97. The fraction of sp³-hybridized carbons (Fsp3) is 0.269. The van der Waals surface area contributed by atoms with Crippen LogP contribution >= 0.6 is 11.3 Å². The highest BCUT2D eigenvalue weighted by molar-refractivity contribution is 7.17. The lowest BCUT2D eigenvalue weighted by atomic mass is 10.1. The maximum Gasteiger partial charge on any atom is 0.255 e. The summed E-state index contributed by atoms with van der Waals surface area (Å²) in [4.78, 5) is 29.4. The van der Waals surface area contributed by atoms with Crippen LogP contribution in [0.5, 0.6) is 0 Å². The average Bonchev–Trinajstić information content (AvgIpc) is 3.53. The number of imidazole rings is 1. The van der Waals surface area contributed by atoms with Gasteiger partial charge in [-0.2, -0.15) is 0 Å². The molecule has 3 heterocycles. The number of para-hydroxylation sites is 2. The van der Waals surface area contributed by atoms with E-state index in [2.05, 4.69) is 15.2 Å². The summed E-state index contributed by atoms with van der Waals surface area (Å²) in [5.74, 6) is 0.294. The number of aromatic nitrogens is 3. The molecule has 1 aliphatic heterocycles. The molecule has 5 rings (SSSR count). The van der Waals surface area contributed by atoms with E-state index in [0.717, 1.165) is 45.4 Å². The van der Waals surface area contributed by atoms with Gasteiger partial charge in [0, 0.05) is 32.3 Å². The smallest absolute Gasteiger partial charge is 0.255 e. The monoisotopic (exact) mass is 489 g/mol. The number of thiazole rings is 1. The molecule has 2 aromatic carbocycles. The molecular weight excluding hydrogens is 462 g/mol. The summed E-state index contributed by atoms with van der Waals surface area (Å²) in [7, 11) is 1.61. The number of methoxy groups -OCH3 is 1. The van der Waals surface area contributed by atoms with Crippen molar-refractivity contribution < 1.29 is 14.3 Å². The third kappa shape index (κ3) is 5.27. The predicted octanol–water partition coefficient (Wildman–Crippen LogP) is 3.83. The number of carbonyl (C=O) groups excluding carboxylic acids is 1. The normalized spacial score (nSPS) is 14.4. The zero-order valence-corrected chi connectivity index (χ0v) is 20.3. The molecular formula is C26H27N5O3S. The van der Waals surface area contributed by atoms with E-state index in [-0.39, 0.29) is 5.91 Å². The second kappa shape index (κ2) is 10.8. The van der Waals surface area contributed by atoms with E-state index in [9.17, 15) is 4.79 Å². The molecule has 0 atom stereocenters. The molecule has 0 unspecified atom stereocenters. The van der Waals surface area contributed by atoms with Crippen molar-refractivity contribution in [2.75, 3.05) is 51.5 Å². The Labute approximate surface area is 207 Å². The number of amides is 1. The van der Waals surface area contributed by atoms with Crippen LogP contribution in [-0.2, 0) is 14.3 Å². The summed E-state index contributed by atoms with van der Waals surface area (Å²) in [6.45, 7) is 3.77. The first kappa shape index (κ1) is 23.2. The van der Waals surface area contributed by atoms with E-state index in [1.54, 1.807) is 18.4 Å². The zero-order chi connectivity index (χ0) is 24.0. The predicted molar refractivity (Wildman–Crippen MR) is 139 cm³/mol. The summed E-state index contributed by atoms with van der Waals surface area (Å²) >= 11 is 1.57. The number of hydrogen-bond acceptors (Lipinski definition) is 7. The Kier molecular flexibility index (Phi) is 7.17. The Balaban J connectivity index is 1.60. The summed E-state index contributed by atoms with van der Waals surface area (Å²) in [6.07, 6.45) is 1.89. The molecule has 35 heavy (non-hydrogen) atoms. The highest BCUT2D eigenvalue weighted by Gasteiger charge is 2.22. The first-order valence-electron chi connectivity index (χ1n) is 11.6. The molecule has 0 spiro atoms. The van der Waals surface area contributed by atoms with Gasteiger partial charge in [0.05, 0.1) is 47.0 Å². The number of anilines is 1. The largest absolute Gasteiger partial charge is 0.383 e. The van der Waals surface area contributed by atoms with Crippen molar-refractivity contribution in [3.05, 3.63) is 65.3 Å². The van der Waals surface area contributed by atoms with Crippen LogP contribution in [0.15, 0.2) is 54.6 Å². The summed E-state index contributed by atoms with van der Waals surface area (Å²) in [5, 5.41) is 3.86. The highest BCUT2D eigenvalue weighted by atomic mass is 32.1. The SMILES string of the molecule is COCCNC(=O)/C(=C/c1sc(N2CCOCC2)nc1-c1ccccc1)c1nc2ccccc2[nH]1. The number of hydrogen-bond donors (Lipinski definition) is 2. The Bertz CT molecular complexity index is 1290. The summed E-state index contributed by atoms with van der Waals surface area (Å²) in [6, 6.07) is 17.8. The van der Waals surface area contributed by atoms with E-state index >= 15 is 0 Å². The van der Waals surface area contributed by atoms with E-state index in [4.69, 9.17) is 19.4 Å². The number of carbonyl (C=O) groups is 1. The summed E-state index contributed by atoms with van der Waals surface area (Å²) < 4.78 is 10.6. The van der Waals surface area contributed by atoms with Crippen molar-refractivity contribution in [2.45, 2.75) is 0 Å².